The van der Waals surface area contributed by atoms with Crippen molar-refractivity contribution in [2.75, 3.05) is 14.2 Å². The summed E-state index contributed by atoms with van der Waals surface area (Å²) in [5, 5.41) is 0. The quantitative estimate of drug-likeness (QED) is 0.353. The second-order valence-corrected chi connectivity index (χ2v) is 6.96. The molecule has 0 saturated heterocycles. The van der Waals surface area contributed by atoms with Crippen LogP contribution in [0, 0.1) is 13.8 Å². The third-order valence-electron chi connectivity index (χ3n) is 5.04. The average Bonchev–Trinajstić information content (AvgIpc) is 2.78. The average molecular weight is 402 g/mol. The summed E-state index contributed by atoms with van der Waals surface area (Å²) in [5.41, 5.74) is 4.63. The number of aryl methyl sites for hydroxylation is 1. The first kappa shape index (κ1) is 21.2. The van der Waals surface area contributed by atoms with Crippen molar-refractivity contribution in [3.05, 3.63) is 94.6 Å². The molecule has 0 radical (unpaired) electrons. The van der Waals surface area contributed by atoms with Gasteiger partial charge in [-0.05, 0) is 66.9 Å². The molecule has 4 nitrogen and oxygen atoms in total. The summed E-state index contributed by atoms with van der Waals surface area (Å²) >= 11 is 0. The van der Waals surface area contributed by atoms with Crippen molar-refractivity contribution >= 4 is 11.9 Å². The van der Waals surface area contributed by atoms with Crippen LogP contribution in [0.4, 0.5) is 0 Å². The first-order valence-corrected chi connectivity index (χ1v) is 9.75. The van der Waals surface area contributed by atoms with Crippen molar-refractivity contribution in [1.29, 1.82) is 0 Å². The fourth-order valence-electron chi connectivity index (χ4n) is 3.16. The molecule has 3 rings (SSSR count). The highest BCUT2D eigenvalue weighted by atomic mass is 16.5. The summed E-state index contributed by atoms with van der Waals surface area (Å²) in [6.07, 6.45) is 3.34. The number of hydrogen-bond acceptors (Lipinski definition) is 4. The number of ketones is 1. The van der Waals surface area contributed by atoms with Gasteiger partial charge >= 0.3 is 0 Å². The fraction of sp³-hybridized carbons (Fsp3) is 0.192. The Morgan fingerprint density at radius 1 is 0.867 bits per heavy atom. The molecule has 3 aromatic rings. The van der Waals surface area contributed by atoms with Crippen LogP contribution < -0.4 is 14.2 Å². The number of methoxy groups -OCH3 is 2. The maximum atomic E-state index is 12.6. The first-order valence-electron chi connectivity index (χ1n) is 9.75. The summed E-state index contributed by atoms with van der Waals surface area (Å²) in [6.45, 7) is 4.48. The van der Waals surface area contributed by atoms with E-state index in [1.54, 1.807) is 38.5 Å². The van der Waals surface area contributed by atoms with Gasteiger partial charge in [0.2, 0.25) is 0 Å². The van der Waals surface area contributed by atoms with Crippen molar-refractivity contribution < 1.29 is 19.0 Å². The van der Waals surface area contributed by atoms with Gasteiger partial charge in [-0.25, -0.2) is 0 Å². The van der Waals surface area contributed by atoms with E-state index in [0.717, 1.165) is 28.2 Å². The largest absolute Gasteiger partial charge is 0.496 e. The standard InChI is InChI=1S/C26H26O4/c1-18-8-7-11-24(19(18)2)30-17-21-16-20(13-15-25(21)28-3)12-14-23(27)22-9-5-6-10-26(22)29-4/h5-16H,17H2,1-4H3/b14-12+. The number of ether oxygens (including phenoxy) is 3. The molecule has 30 heavy (non-hydrogen) atoms. The number of rotatable bonds is 8. The van der Waals surface area contributed by atoms with Gasteiger partial charge in [0.05, 0.1) is 19.8 Å². The maximum absolute atomic E-state index is 12.6. The van der Waals surface area contributed by atoms with Crippen molar-refractivity contribution in [1.82, 2.24) is 0 Å². The van der Waals surface area contributed by atoms with E-state index >= 15 is 0 Å². The van der Waals surface area contributed by atoms with Crippen molar-refractivity contribution in [3.8, 4) is 17.2 Å². The molecule has 0 aliphatic rings. The van der Waals surface area contributed by atoms with Gasteiger partial charge in [-0.1, -0.05) is 36.4 Å². The minimum absolute atomic E-state index is 0.114. The highest BCUT2D eigenvalue weighted by Crippen LogP contribution is 2.26. The van der Waals surface area contributed by atoms with Crippen LogP contribution in [0.2, 0.25) is 0 Å². The second kappa shape index (κ2) is 9.79. The highest BCUT2D eigenvalue weighted by molar-refractivity contribution is 6.08. The fourth-order valence-corrected chi connectivity index (χ4v) is 3.16. The lowest BCUT2D eigenvalue weighted by Gasteiger charge is -2.13. The molecular formula is C26H26O4. The van der Waals surface area contributed by atoms with Gasteiger partial charge < -0.3 is 14.2 Å². The Labute approximate surface area is 177 Å². The van der Waals surface area contributed by atoms with Gasteiger partial charge in [-0.2, -0.15) is 0 Å². The summed E-state index contributed by atoms with van der Waals surface area (Å²) in [5.74, 6) is 2.04. The Morgan fingerprint density at radius 3 is 2.37 bits per heavy atom. The molecule has 0 heterocycles. The third-order valence-corrected chi connectivity index (χ3v) is 5.04. The lowest BCUT2D eigenvalue weighted by molar-refractivity contribution is 0.104. The minimum atomic E-state index is -0.114. The molecule has 0 N–H and O–H groups in total. The Morgan fingerprint density at radius 2 is 1.60 bits per heavy atom. The molecule has 0 atom stereocenters. The van der Waals surface area contributed by atoms with E-state index in [1.807, 2.05) is 49.4 Å². The Kier molecular flexibility index (Phi) is 6.91. The van der Waals surface area contributed by atoms with Crippen LogP contribution in [0.5, 0.6) is 17.2 Å². The molecule has 4 heteroatoms. The van der Waals surface area contributed by atoms with Crippen molar-refractivity contribution in [2.45, 2.75) is 20.5 Å². The number of para-hydroxylation sites is 1. The third kappa shape index (κ3) is 4.90. The summed E-state index contributed by atoms with van der Waals surface area (Å²) in [6, 6.07) is 19.0. The summed E-state index contributed by atoms with van der Waals surface area (Å²) < 4.78 is 16.8. The summed E-state index contributed by atoms with van der Waals surface area (Å²) in [4.78, 5) is 12.6. The Hall–Kier alpha value is -3.53. The van der Waals surface area contributed by atoms with E-state index in [-0.39, 0.29) is 5.78 Å². The molecular weight excluding hydrogens is 376 g/mol. The second-order valence-electron chi connectivity index (χ2n) is 6.96. The lowest BCUT2D eigenvalue weighted by Crippen LogP contribution is -2.01. The van der Waals surface area contributed by atoms with E-state index in [0.29, 0.717) is 17.9 Å². The van der Waals surface area contributed by atoms with Gasteiger partial charge in [0.1, 0.15) is 23.9 Å². The van der Waals surface area contributed by atoms with Crippen LogP contribution in [0.15, 0.2) is 66.7 Å². The van der Waals surface area contributed by atoms with E-state index in [1.165, 1.54) is 5.56 Å². The Bertz CT molecular complexity index is 1070. The number of hydrogen-bond donors (Lipinski definition) is 0. The molecule has 0 saturated carbocycles. The van der Waals surface area contributed by atoms with Gasteiger partial charge in [0.15, 0.2) is 5.78 Å². The van der Waals surface area contributed by atoms with Crippen molar-refractivity contribution in [3.63, 3.8) is 0 Å². The molecule has 0 spiro atoms. The number of allylic oxidation sites excluding steroid dienone is 1. The predicted octanol–water partition coefficient (Wildman–Crippen LogP) is 5.80. The first-order chi connectivity index (χ1) is 14.5. The van der Waals surface area contributed by atoms with E-state index in [2.05, 4.69) is 13.0 Å². The van der Waals surface area contributed by atoms with Crippen LogP contribution in [0.25, 0.3) is 6.08 Å². The highest BCUT2D eigenvalue weighted by Gasteiger charge is 2.10. The molecule has 154 valence electrons. The number of carbonyl (C=O) groups excluding carboxylic acids is 1. The van der Waals surface area contributed by atoms with Crippen LogP contribution in [-0.2, 0) is 6.61 Å². The molecule has 0 fully saturated rings. The molecule has 0 aliphatic carbocycles. The van der Waals surface area contributed by atoms with Crippen molar-refractivity contribution in [2.24, 2.45) is 0 Å². The smallest absolute Gasteiger partial charge is 0.189 e. The zero-order valence-corrected chi connectivity index (χ0v) is 17.8. The topological polar surface area (TPSA) is 44.8 Å². The van der Waals surface area contributed by atoms with Crippen LogP contribution in [0.1, 0.15) is 32.6 Å². The van der Waals surface area contributed by atoms with Gasteiger partial charge in [0.25, 0.3) is 0 Å². The van der Waals surface area contributed by atoms with Gasteiger partial charge in [-0.3, -0.25) is 4.79 Å². The number of carbonyl (C=O) groups is 1. The zero-order chi connectivity index (χ0) is 21.5. The molecule has 0 bridgehead atoms. The predicted molar refractivity (Wildman–Crippen MR) is 120 cm³/mol. The molecule has 0 aliphatic heterocycles. The van der Waals surface area contributed by atoms with Crippen LogP contribution in [0.3, 0.4) is 0 Å². The van der Waals surface area contributed by atoms with E-state index in [4.69, 9.17) is 14.2 Å². The van der Waals surface area contributed by atoms with Gasteiger partial charge in [0, 0.05) is 5.56 Å². The summed E-state index contributed by atoms with van der Waals surface area (Å²) in [7, 11) is 3.19. The van der Waals surface area contributed by atoms with Gasteiger partial charge in [-0.15, -0.1) is 0 Å². The molecule has 0 aromatic heterocycles. The zero-order valence-electron chi connectivity index (χ0n) is 17.8. The minimum Gasteiger partial charge on any atom is -0.496 e. The maximum Gasteiger partial charge on any atom is 0.189 e. The van der Waals surface area contributed by atoms with Crippen LogP contribution >= 0.6 is 0 Å². The van der Waals surface area contributed by atoms with E-state index in [9.17, 15) is 4.79 Å². The molecule has 0 unspecified atom stereocenters. The Balaban J connectivity index is 1.79. The van der Waals surface area contributed by atoms with Crippen LogP contribution in [-0.4, -0.2) is 20.0 Å². The normalized spacial score (nSPS) is 10.8. The SMILES string of the molecule is COc1ccc(/C=C/C(=O)c2ccccc2OC)cc1COc1cccc(C)c1C. The monoisotopic (exact) mass is 402 g/mol. The lowest BCUT2D eigenvalue weighted by atomic mass is 10.1. The number of benzene rings is 3. The molecule has 3 aromatic carbocycles. The van der Waals surface area contributed by atoms with E-state index < -0.39 is 0 Å². The molecule has 0 amide bonds.